The summed E-state index contributed by atoms with van der Waals surface area (Å²) in [6.07, 6.45) is 0.179. The number of carbonyl (C=O) groups is 3. The van der Waals surface area contributed by atoms with E-state index < -0.39 is 18.1 Å². The molecule has 0 aliphatic rings. The molecular weight excluding hydrogens is 438 g/mol. The zero-order chi connectivity index (χ0) is 24.1. The number of hydrogen-bond donors (Lipinski definition) is 3. The third kappa shape index (κ3) is 9.67. The van der Waals surface area contributed by atoms with Crippen LogP contribution in [0.2, 0.25) is 0 Å². The molecule has 4 N–H and O–H groups in total. The van der Waals surface area contributed by atoms with E-state index in [1.165, 1.54) is 0 Å². The first-order valence-electron chi connectivity index (χ1n) is 11.1. The molecule has 0 spiro atoms. The maximum atomic E-state index is 13.0. The summed E-state index contributed by atoms with van der Waals surface area (Å²) in [5.74, 6) is 0.0209. The Hall–Kier alpha value is -2.84. The molecule has 2 rings (SSSR count). The smallest absolute Gasteiger partial charge is 0.322 e. The number of nitrogens with one attached hydrogen (secondary N) is 2. The van der Waals surface area contributed by atoms with Gasteiger partial charge in [-0.2, -0.15) is 11.8 Å². The number of benzene rings is 2. The predicted octanol–water partition coefficient (Wildman–Crippen LogP) is 2.95. The third-order valence-corrected chi connectivity index (χ3v) is 6.08. The Kier molecular flexibility index (Phi) is 11.5. The van der Waals surface area contributed by atoms with Gasteiger partial charge in [-0.25, -0.2) is 0 Å². The van der Waals surface area contributed by atoms with Crippen LogP contribution in [0.4, 0.5) is 0 Å². The molecule has 0 heterocycles. The van der Waals surface area contributed by atoms with Crippen LogP contribution in [0.1, 0.15) is 43.9 Å². The molecule has 0 aromatic heterocycles. The molecule has 0 aliphatic carbocycles. The van der Waals surface area contributed by atoms with Gasteiger partial charge in [0.15, 0.2) is 0 Å². The summed E-state index contributed by atoms with van der Waals surface area (Å²) in [5.41, 5.74) is 7.90. The Bertz CT molecular complexity index is 880. The number of esters is 1. The van der Waals surface area contributed by atoms with Gasteiger partial charge in [0.25, 0.3) is 0 Å². The second-order valence-corrected chi connectivity index (χ2v) is 8.69. The molecule has 2 amide bonds. The van der Waals surface area contributed by atoms with Gasteiger partial charge in [0.1, 0.15) is 12.1 Å². The topological polar surface area (TPSA) is 111 Å². The zero-order valence-corrected chi connectivity index (χ0v) is 20.0. The molecule has 0 radical (unpaired) electrons. The molecule has 2 aromatic rings. The molecule has 8 heteroatoms. The van der Waals surface area contributed by atoms with Crippen molar-refractivity contribution >= 4 is 29.5 Å². The molecule has 33 heavy (non-hydrogen) atoms. The zero-order valence-electron chi connectivity index (χ0n) is 19.2. The fourth-order valence-corrected chi connectivity index (χ4v) is 4.13. The van der Waals surface area contributed by atoms with E-state index in [4.69, 9.17) is 10.5 Å². The summed E-state index contributed by atoms with van der Waals surface area (Å²) < 4.78 is 4.87. The first-order valence-corrected chi connectivity index (χ1v) is 12.2. The lowest BCUT2D eigenvalue weighted by Crippen LogP contribution is -2.49. The highest BCUT2D eigenvalue weighted by molar-refractivity contribution is 7.98. The van der Waals surface area contributed by atoms with Crippen LogP contribution in [0.3, 0.4) is 0 Å². The maximum Gasteiger partial charge on any atom is 0.322 e. The van der Waals surface area contributed by atoms with Crippen molar-refractivity contribution in [1.29, 1.82) is 0 Å². The van der Waals surface area contributed by atoms with Crippen molar-refractivity contribution in [3.63, 3.8) is 0 Å². The van der Waals surface area contributed by atoms with Crippen LogP contribution >= 0.6 is 11.8 Å². The summed E-state index contributed by atoms with van der Waals surface area (Å²) in [6.45, 7) is 3.84. The van der Waals surface area contributed by atoms with Gasteiger partial charge >= 0.3 is 5.97 Å². The molecule has 0 fully saturated rings. The lowest BCUT2D eigenvalue weighted by atomic mass is 10.1. The lowest BCUT2D eigenvalue weighted by Gasteiger charge is -2.22. The number of ether oxygens (including phenoxy) is 1. The Balaban J connectivity index is 1.95. The second-order valence-electron chi connectivity index (χ2n) is 7.66. The van der Waals surface area contributed by atoms with Crippen LogP contribution in [-0.4, -0.2) is 42.2 Å². The van der Waals surface area contributed by atoms with Crippen LogP contribution in [0, 0.1) is 0 Å². The number of nitrogens with two attached hydrogens (primary N) is 1. The van der Waals surface area contributed by atoms with Crippen molar-refractivity contribution < 1.29 is 19.1 Å². The van der Waals surface area contributed by atoms with Crippen molar-refractivity contribution in [2.45, 2.75) is 50.6 Å². The molecule has 2 aromatic carbocycles. The minimum absolute atomic E-state index is 0.0291. The van der Waals surface area contributed by atoms with E-state index in [1.54, 1.807) is 18.7 Å². The largest absolute Gasteiger partial charge is 0.465 e. The minimum atomic E-state index is -0.867. The summed E-state index contributed by atoms with van der Waals surface area (Å²) in [7, 11) is 0. The third-order valence-electron chi connectivity index (χ3n) is 4.98. The minimum Gasteiger partial charge on any atom is -0.465 e. The molecule has 3 atom stereocenters. The van der Waals surface area contributed by atoms with Crippen molar-refractivity contribution in [1.82, 2.24) is 10.6 Å². The first-order chi connectivity index (χ1) is 15.9. The van der Waals surface area contributed by atoms with E-state index >= 15 is 0 Å². The summed E-state index contributed by atoms with van der Waals surface area (Å²) in [6, 6.07) is 17.8. The highest BCUT2D eigenvalue weighted by Gasteiger charge is 2.24. The van der Waals surface area contributed by atoms with Crippen LogP contribution in [-0.2, 0) is 24.9 Å². The molecule has 0 unspecified atom stereocenters. The first kappa shape index (κ1) is 26.4. The molecule has 178 valence electrons. The van der Waals surface area contributed by atoms with Gasteiger partial charge < -0.3 is 21.1 Å². The molecule has 0 saturated carbocycles. The highest BCUT2D eigenvalue weighted by Crippen LogP contribution is 2.15. The van der Waals surface area contributed by atoms with Crippen LogP contribution in [0.15, 0.2) is 60.7 Å². The monoisotopic (exact) mass is 471 g/mol. The number of carbonyl (C=O) groups excluding carboxylic acids is 3. The summed E-state index contributed by atoms with van der Waals surface area (Å²) in [4.78, 5) is 37.2. The van der Waals surface area contributed by atoms with Crippen molar-refractivity contribution in [2.24, 2.45) is 5.73 Å². The number of thioether (sulfide) groups is 1. The predicted molar refractivity (Wildman–Crippen MR) is 131 cm³/mol. The molecule has 0 saturated heterocycles. The van der Waals surface area contributed by atoms with E-state index in [0.717, 1.165) is 16.9 Å². The van der Waals surface area contributed by atoms with Gasteiger partial charge in [0.05, 0.1) is 12.6 Å². The molecule has 0 bridgehead atoms. The quantitative estimate of drug-likeness (QED) is 0.388. The van der Waals surface area contributed by atoms with E-state index in [0.29, 0.717) is 5.75 Å². The van der Waals surface area contributed by atoms with E-state index in [2.05, 4.69) is 10.6 Å². The number of amides is 2. The Morgan fingerprint density at radius 3 is 2.27 bits per heavy atom. The van der Waals surface area contributed by atoms with Gasteiger partial charge in [0, 0.05) is 17.9 Å². The van der Waals surface area contributed by atoms with Gasteiger partial charge in [0.2, 0.25) is 11.8 Å². The summed E-state index contributed by atoms with van der Waals surface area (Å²) in [5, 5.41) is 5.79. The van der Waals surface area contributed by atoms with E-state index in [9.17, 15) is 14.4 Å². The van der Waals surface area contributed by atoms with E-state index in [-0.39, 0.29) is 37.3 Å². The molecule has 7 nitrogen and oxygen atoms in total. The van der Waals surface area contributed by atoms with Crippen LogP contribution < -0.4 is 16.4 Å². The van der Waals surface area contributed by atoms with Crippen LogP contribution in [0.25, 0.3) is 0 Å². The van der Waals surface area contributed by atoms with Crippen LogP contribution in [0.5, 0.6) is 0 Å². The van der Waals surface area contributed by atoms with Crippen molar-refractivity contribution in [3.8, 4) is 0 Å². The number of rotatable bonds is 13. The van der Waals surface area contributed by atoms with Gasteiger partial charge in [-0.3, -0.25) is 14.4 Å². The highest BCUT2D eigenvalue weighted by atomic mass is 32.2. The average Bonchev–Trinajstić information content (AvgIpc) is 2.83. The fourth-order valence-electron chi connectivity index (χ4n) is 3.11. The average molecular weight is 472 g/mol. The Morgan fingerprint density at radius 1 is 1.00 bits per heavy atom. The second kappa shape index (κ2) is 14.3. The number of hydrogen-bond acceptors (Lipinski definition) is 6. The maximum absolute atomic E-state index is 13.0. The Labute approximate surface area is 199 Å². The lowest BCUT2D eigenvalue weighted by molar-refractivity contribution is -0.145. The Morgan fingerprint density at radius 2 is 1.64 bits per heavy atom. The standard InChI is InChI=1S/C25H33N3O4S/c1-3-32-25(31)21(26)14-15-23(29)28-22(17-33-16-19-10-6-4-7-11-19)24(30)27-18(2)20-12-8-5-9-13-20/h4-13,18,21-22H,3,14-17,26H2,1-2H3,(H,27,30)(H,28,29)/t18-,21-,22-/m0/s1. The SMILES string of the molecule is CCOC(=O)[C@@H](N)CCC(=O)N[C@@H](CSCc1ccccc1)C(=O)N[C@@H](C)c1ccccc1. The molecule has 0 aliphatic heterocycles. The van der Waals surface area contributed by atoms with E-state index in [1.807, 2.05) is 67.6 Å². The van der Waals surface area contributed by atoms with Crippen molar-refractivity contribution in [3.05, 3.63) is 71.8 Å². The van der Waals surface area contributed by atoms with Gasteiger partial charge in [-0.05, 0) is 31.4 Å². The van der Waals surface area contributed by atoms with Crippen molar-refractivity contribution in [2.75, 3.05) is 12.4 Å². The van der Waals surface area contributed by atoms with Gasteiger partial charge in [-0.1, -0.05) is 60.7 Å². The fraction of sp³-hybridized carbons (Fsp3) is 0.400. The summed E-state index contributed by atoms with van der Waals surface area (Å²) >= 11 is 1.57. The normalized spacial score (nSPS) is 13.4. The van der Waals surface area contributed by atoms with Gasteiger partial charge in [-0.15, -0.1) is 0 Å². The molecular formula is C25H33N3O4S.